The third-order valence-electron chi connectivity index (χ3n) is 7.89. The van der Waals surface area contributed by atoms with Crippen molar-refractivity contribution in [1.82, 2.24) is 9.97 Å². The summed E-state index contributed by atoms with van der Waals surface area (Å²) < 4.78 is 0. The van der Waals surface area contributed by atoms with Gasteiger partial charge in [0, 0.05) is 55.6 Å². The number of nitrogens with zero attached hydrogens (tertiary/aromatic N) is 5. The van der Waals surface area contributed by atoms with Crippen molar-refractivity contribution in [2.45, 2.75) is 6.42 Å². The smallest absolute Gasteiger partial charge is 0.164 e. The lowest BCUT2D eigenvalue weighted by atomic mass is 10.0. The van der Waals surface area contributed by atoms with E-state index >= 15 is 0 Å². The van der Waals surface area contributed by atoms with Crippen LogP contribution in [0.15, 0.2) is 122 Å². The normalized spacial score (nSPS) is 17.3. The zero-order valence-corrected chi connectivity index (χ0v) is 21.8. The van der Waals surface area contributed by atoms with Crippen LogP contribution in [0, 0.1) is 0 Å². The minimum atomic E-state index is 0.615. The lowest BCUT2D eigenvalue weighted by Crippen LogP contribution is -2.13. The molecule has 0 spiro atoms. The van der Waals surface area contributed by atoms with Crippen LogP contribution in [-0.4, -0.2) is 33.2 Å². The first-order chi connectivity index (χ1) is 20.3. The molecule has 0 saturated heterocycles. The van der Waals surface area contributed by atoms with Crippen LogP contribution >= 0.6 is 0 Å². The van der Waals surface area contributed by atoms with Crippen LogP contribution in [0.3, 0.4) is 0 Å². The highest BCUT2D eigenvalue weighted by molar-refractivity contribution is 6.25. The van der Waals surface area contributed by atoms with Gasteiger partial charge in [0.05, 0.1) is 5.71 Å². The van der Waals surface area contributed by atoms with Gasteiger partial charge in [-0.2, -0.15) is 0 Å². The predicted molar refractivity (Wildman–Crippen MR) is 165 cm³/mol. The summed E-state index contributed by atoms with van der Waals surface area (Å²) in [6.45, 7) is 0. The average Bonchev–Trinajstić information content (AvgIpc) is 3.75. The number of rotatable bonds is 0. The zero-order valence-electron chi connectivity index (χ0n) is 21.8. The van der Waals surface area contributed by atoms with Gasteiger partial charge in [0.2, 0.25) is 0 Å². The van der Waals surface area contributed by atoms with Gasteiger partial charge in [-0.1, -0.05) is 103 Å². The number of hydrogen-bond donors (Lipinski definition) is 2. The van der Waals surface area contributed by atoms with E-state index in [0.717, 1.165) is 66.2 Å². The topological polar surface area (TPSA) is 93.4 Å². The Hall–Kier alpha value is -5.69. The molecule has 3 aliphatic rings. The van der Waals surface area contributed by atoms with E-state index in [1.54, 1.807) is 0 Å². The Bertz CT molecular complexity index is 2340. The van der Waals surface area contributed by atoms with Gasteiger partial charge < -0.3 is 9.97 Å². The molecule has 2 N–H and O–H groups in total. The second kappa shape index (κ2) is 8.40. The van der Waals surface area contributed by atoms with Crippen LogP contribution in [0.2, 0.25) is 0 Å². The summed E-state index contributed by atoms with van der Waals surface area (Å²) in [6.07, 6.45) is 2.84. The molecule has 0 amide bonds. The molecule has 8 bridgehead atoms. The van der Waals surface area contributed by atoms with Crippen LogP contribution in [-0.2, 0) is 0 Å². The Morgan fingerprint density at radius 1 is 0.439 bits per heavy atom. The Balaban J connectivity index is 1.39. The first-order valence-corrected chi connectivity index (χ1v) is 13.6. The molecule has 192 valence electrons. The van der Waals surface area contributed by atoms with Crippen molar-refractivity contribution in [1.29, 1.82) is 0 Å². The van der Waals surface area contributed by atoms with Crippen molar-refractivity contribution in [2.75, 3.05) is 0 Å². The highest BCUT2D eigenvalue weighted by Gasteiger charge is 2.24. The number of fused-ring (bicyclic) bond motifs is 18. The van der Waals surface area contributed by atoms with Gasteiger partial charge in [-0.25, -0.2) is 25.0 Å². The van der Waals surface area contributed by atoms with Gasteiger partial charge >= 0.3 is 0 Å². The summed E-state index contributed by atoms with van der Waals surface area (Å²) in [4.78, 5) is 32.2. The van der Waals surface area contributed by atoms with Crippen LogP contribution in [0.1, 0.15) is 28.7 Å². The van der Waals surface area contributed by atoms with E-state index in [1.165, 1.54) is 0 Å². The van der Waals surface area contributed by atoms with Gasteiger partial charge in [0.1, 0.15) is 17.1 Å². The van der Waals surface area contributed by atoms with Gasteiger partial charge in [-0.3, -0.25) is 0 Å². The number of aromatic nitrogens is 2. The number of aliphatic imine (C=N–C) groups is 4. The van der Waals surface area contributed by atoms with E-state index in [1.807, 2.05) is 48.5 Å². The summed E-state index contributed by atoms with van der Waals surface area (Å²) in [7, 11) is 0. The van der Waals surface area contributed by atoms with Crippen molar-refractivity contribution in [3.05, 3.63) is 130 Å². The Morgan fingerprint density at radius 3 is 1.63 bits per heavy atom. The Labute approximate surface area is 233 Å². The quantitative estimate of drug-likeness (QED) is 0.247. The van der Waals surface area contributed by atoms with Crippen molar-refractivity contribution in [2.24, 2.45) is 25.0 Å². The number of benzene rings is 4. The largest absolute Gasteiger partial charge is 0.339 e. The second-order valence-electron chi connectivity index (χ2n) is 10.3. The number of amidine groups is 3. The van der Waals surface area contributed by atoms with E-state index in [0.29, 0.717) is 29.7 Å². The fraction of sp³-hybridized carbons (Fsp3) is 0.0294. The lowest BCUT2D eigenvalue weighted by Gasteiger charge is -2.00. The standard InChI is InChI=1S/C34H21N7/c1-3-11-21-19(9-1)27-17-18-28-20-10-2-4-12-22(20)30(36-28)38-32-24-14-6-8-16-26(24)34(40-32)41-33-25-15-7-5-13-23(25)31(39-33)37-29(21)35-27/h1-17,40H,18H2,(H,35,37,39,41)/b27-17-,38-30?. The molecule has 7 heteroatoms. The van der Waals surface area contributed by atoms with Crippen LogP contribution in [0.5, 0.6) is 0 Å². The second-order valence-corrected chi connectivity index (χ2v) is 10.3. The molecule has 0 atom stereocenters. The maximum absolute atomic E-state index is 5.07. The summed E-state index contributed by atoms with van der Waals surface area (Å²) in [5.41, 5.74) is 5.78. The molecule has 2 aromatic heterocycles. The molecule has 3 aliphatic heterocycles. The summed E-state index contributed by atoms with van der Waals surface area (Å²) >= 11 is 0. The van der Waals surface area contributed by atoms with Crippen molar-refractivity contribution in [3.8, 4) is 0 Å². The maximum atomic E-state index is 5.07. The van der Waals surface area contributed by atoms with E-state index in [4.69, 9.17) is 25.0 Å². The third kappa shape index (κ3) is 3.36. The van der Waals surface area contributed by atoms with Crippen molar-refractivity contribution < 1.29 is 0 Å². The van der Waals surface area contributed by atoms with Gasteiger partial charge in [-0.05, 0) is 0 Å². The number of H-pyrrole nitrogens is 2. The molecule has 7 nitrogen and oxygen atoms in total. The minimum Gasteiger partial charge on any atom is -0.339 e. The van der Waals surface area contributed by atoms with Crippen molar-refractivity contribution in [3.63, 3.8) is 0 Å². The van der Waals surface area contributed by atoms with Gasteiger partial charge in [0.25, 0.3) is 0 Å². The Morgan fingerprint density at radius 2 is 0.951 bits per heavy atom. The SMILES string of the molecule is C1=c2\[nH]c(c3ccccc23)=NC2=N/C(=N\c3[nH]c(c4ccccc34)N=C3N=C(C/1)c1ccccc13)c1ccccc12. The van der Waals surface area contributed by atoms with Crippen LogP contribution in [0.25, 0.3) is 27.6 Å². The number of nitrogens with one attached hydrogen (secondary N) is 2. The zero-order chi connectivity index (χ0) is 26.9. The first kappa shape index (κ1) is 22.2. The minimum absolute atomic E-state index is 0.615. The number of aromatic amines is 2. The molecular formula is C34H21N7. The third-order valence-corrected chi connectivity index (χ3v) is 7.89. The maximum Gasteiger partial charge on any atom is 0.164 e. The molecule has 0 fully saturated rings. The van der Waals surface area contributed by atoms with Crippen LogP contribution in [0.4, 0.5) is 11.6 Å². The molecule has 0 unspecified atom stereocenters. The highest BCUT2D eigenvalue weighted by Crippen LogP contribution is 2.36. The summed E-state index contributed by atoms with van der Waals surface area (Å²) in [5, 5.41) is 5.12. The fourth-order valence-electron chi connectivity index (χ4n) is 5.95. The molecular weight excluding hydrogens is 506 g/mol. The van der Waals surface area contributed by atoms with Crippen molar-refractivity contribution >= 4 is 62.5 Å². The molecule has 4 aromatic carbocycles. The summed E-state index contributed by atoms with van der Waals surface area (Å²) in [6, 6.07) is 32.9. The molecule has 0 radical (unpaired) electrons. The molecule has 6 aromatic rings. The Kier molecular flexibility index (Phi) is 4.54. The van der Waals surface area contributed by atoms with E-state index in [9.17, 15) is 0 Å². The molecule has 5 heterocycles. The summed E-state index contributed by atoms with van der Waals surface area (Å²) in [5.74, 6) is 3.37. The van der Waals surface area contributed by atoms with Gasteiger partial charge in [-0.15, -0.1) is 0 Å². The molecule has 9 rings (SSSR count). The van der Waals surface area contributed by atoms with E-state index < -0.39 is 0 Å². The van der Waals surface area contributed by atoms with E-state index in [2.05, 4.69) is 64.6 Å². The predicted octanol–water partition coefficient (Wildman–Crippen LogP) is 5.87. The van der Waals surface area contributed by atoms with E-state index in [-0.39, 0.29) is 0 Å². The van der Waals surface area contributed by atoms with Gasteiger partial charge in [0.15, 0.2) is 17.5 Å². The highest BCUT2D eigenvalue weighted by atomic mass is 15.1. The van der Waals surface area contributed by atoms with Crippen LogP contribution < -0.4 is 10.8 Å². The molecule has 0 aliphatic carbocycles. The average molecular weight is 528 g/mol. The first-order valence-electron chi connectivity index (χ1n) is 13.6. The monoisotopic (exact) mass is 527 g/mol. The fourth-order valence-corrected chi connectivity index (χ4v) is 5.95. The lowest BCUT2D eigenvalue weighted by molar-refractivity contribution is 1.20. The molecule has 41 heavy (non-hydrogen) atoms. The molecule has 0 saturated carbocycles. The number of hydrogen-bond acceptors (Lipinski definition) is 5.